The lowest BCUT2D eigenvalue weighted by atomic mass is 10.0. The fourth-order valence-electron chi connectivity index (χ4n) is 4.11. The van der Waals surface area contributed by atoms with Gasteiger partial charge in [0, 0.05) is 17.5 Å². The molecule has 1 aliphatic heterocycles. The largest absolute Gasteiger partial charge is 0.365 e. The van der Waals surface area contributed by atoms with E-state index in [1.807, 2.05) is 71.6 Å². The maximum atomic E-state index is 12.2. The van der Waals surface area contributed by atoms with Gasteiger partial charge < -0.3 is 5.11 Å². The smallest absolute Gasteiger partial charge is 0.183 e. The molecule has 1 heterocycles. The number of aliphatic imine (C=N–C) groups is 1. The molecular weight excluding hydrogens is 416 g/mol. The van der Waals surface area contributed by atoms with Crippen LogP contribution in [0.25, 0.3) is 0 Å². The molecule has 1 aliphatic carbocycles. The number of hydrogen-bond acceptors (Lipinski definition) is 5. The van der Waals surface area contributed by atoms with Crippen molar-refractivity contribution in [2.24, 2.45) is 4.99 Å². The Kier molecular flexibility index (Phi) is 4.50. The third kappa shape index (κ3) is 3.05. The SMILES string of the molecule is CS(=O)(=O)c1ccc2c(c1)C1(O)C(C2)SC(=Nc2ccccc2)N1c1ccccc1. The maximum absolute atomic E-state index is 12.2. The summed E-state index contributed by atoms with van der Waals surface area (Å²) < 4.78 is 24.3. The van der Waals surface area contributed by atoms with Crippen LogP contribution in [0.4, 0.5) is 11.4 Å². The summed E-state index contributed by atoms with van der Waals surface area (Å²) in [7, 11) is -3.39. The Morgan fingerprint density at radius 1 is 1.03 bits per heavy atom. The molecule has 0 saturated carbocycles. The number of para-hydroxylation sites is 2. The molecule has 0 aromatic heterocycles. The standard InChI is InChI=1S/C23H20N2O3S2/c1-30(27,28)19-13-12-16-14-21-23(26,20(16)15-19)25(18-10-6-3-7-11-18)22(29-21)24-17-8-4-2-5-9-17/h2-13,15,21,26H,14H2,1H3. The highest BCUT2D eigenvalue weighted by Crippen LogP contribution is 2.54. The number of aliphatic hydroxyl groups is 1. The quantitative estimate of drug-likeness (QED) is 0.669. The second-order valence-corrected chi connectivity index (χ2v) is 10.7. The van der Waals surface area contributed by atoms with Gasteiger partial charge in [0.1, 0.15) is 0 Å². The van der Waals surface area contributed by atoms with Gasteiger partial charge in [-0.15, -0.1) is 0 Å². The van der Waals surface area contributed by atoms with Crippen LogP contribution in [0, 0.1) is 0 Å². The molecule has 2 unspecified atom stereocenters. The number of anilines is 1. The molecule has 0 radical (unpaired) electrons. The van der Waals surface area contributed by atoms with E-state index in [1.54, 1.807) is 12.1 Å². The van der Waals surface area contributed by atoms with Gasteiger partial charge in [0.25, 0.3) is 0 Å². The van der Waals surface area contributed by atoms with Gasteiger partial charge in [-0.1, -0.05) is 54.2 Å². The molecule has 7 heteroatoms. The second-order valence-electron chi connectivity index (χ2n) is 7.53. The van der Waals surface area contributed by atoms with Gasteiger partial charge in [0.15, 0.2) is 20.7 Å². The molecule has 3 aromatic rings. The van der Waals surface area contributed by atoms with Crippen LogP contribution in [-0.2, 0) is 22.0 Å². The predicted molar refractivity (Wildman–Crippen MR) is 121 cm³/mol. The molecular formula is C23H20N2O3S2. The van der Waals surface area contributed by atoms with E-state index in [4.69, 9.17) is 4.99 Å². The zero-order valence-electron chi connectivity index (χ0n) is 16.3. The first-order valence-electron chi connectivity index (χ1n) is 9.59. The Hall–Kier alpha value is -2.61. The topological polar surface area (TPSA) is 70.0 Å². The summed E-state index contributed by atoms with van der Waals surface area (Å²) in [6.45, 7) is 0. The summed E-state index contributed by atoms with van der Waals surface area (Å²) >= 11 is 1.52. The highest BCUT2D eigenvalue weighted by molar-refractivity contribution is 8.15. The third-order valence-electron chi connectivity index (χ3n) is 5.54. The monoisotopic (exact) mass is 436 g/mol. The zero-order valence-corrected chi connectivity index (χ0v) is 17.9. The molecule has 2 atom stereocenters. The second kappa shape index (κ2) is 6.97. The van der Waals surface area contributed by atoms with Crippen molar-refractivity contribution in [1.29, 1.82) is 0 Å². The highest BCUT2D eigenvalue weighted by atomic mass is 32.2. The van der Waals surface area contributed by atoms with Gasteiger partial charge in [-0.3, -0.25) is 4.90 Å². The Morgan fingerprint density at radius 3 is 2.37 bits per heavy atom. The van der Waals surface area contributed by atoms with Gasteiger partial charge >= 0.3 is 0 Å². The minimum absolute atomic E-state index is 0.190. The molecule has 5 rings (SSSR count). The predicted octanol–water partition coefficient (Wildman–Crippen LogP) is 4.10. The molecule has 0 amide bonds. The Morgan fingerprint density at radius 2 is 1.70 bits per heavy atom. The molecule has 2 aliphatic rings. The summed E-state index contributed by atoms with van der Waals surface area (Å²) in [5.41, 5.74) is 1.82. The molecule has 0 spiro atoms. The van der Waals surface area contributed by atoms with Crippen LogP contribution >= 0.6 is 11.8 Å². The Bertz CT molecular complexity index is 1240. The minimum atomic E-state index is -3.39. The highest BCUT2D eigenvalue weighted by Gasteiger charge is 2.58. The van der Waals surface area contributed by atoms with E-state index in [9.17, 15) is 13.5 Å². The van der Waals surface area contributed by atoms with Crippen molar-refractivity contribution in [3.63, 3.8) is 0 Å². The van der Waals surface area contributed by atoms with Crippen molar-refractivity contribution in [3.8, 4) is 0 Å². The van der Waals surface area contributed by atoms with E-state index in [1.165, 1.54) is 18.0 Å². The number of fused-ring (bicyclic) bond motifs is 3. The summed E-state index contributed by atoms with van der Waals surface area (Å²) in [5, 5.41) is 12.6. The molecule has 152 valence electrons. The number of benzene rings is 3. The fourth-order valence-corrected chi connectivity index (χ4v) is 6.18. The van der Waals surface area contributed by atoms with Crippen LogP contribution in [0.5, 0.6) is 0 Å². The van der Waals surface area contributed by atoms with E-state index in [0.717, 1.165) is 16.9 Å². The first-order valence-corrected chi connectivity index (χ1v) is 12.4. The molecule has 1 fully saturated rings. The van der Waals surface area contributed by atoms with Gasteiger partial charge in [-0.25, -0.2) is 13.4 Å². The third-order valence-corrected chi connectivity index (χ3v) is 7.91. The van der Waals surface area contributed by atoms with Gasteiger partial charge in [-0.05, 0) is 48.4 Å². The lowest BCUT2D eigenvalue weighted by Crippen LogP contribution is -2.46. The first-order chi connectivity index (χ1) is 14.4. The van der Waals surface area contributed by atoms with Crippen molar-refractivity contribution in [1.82, 2.24) is 0 Å². The minimum Gasteiger partial charge on any atom is -0.365 e. The number of thioether (sulfide) groups is 1. The van der Waals surface area contributed by atoms with E-state index in [2.05, 4.69) is 0 Å². The van der Waals surface area contributed by atoms with E-state index in [0.29, 0.717) is 17.2 Å². The fraction of sp³-hybridized carbons (Fsp3) is 0.174. The number of rotatable bonds is 3. The van der Waals surface area contributed by atoms with E-state index in [-0.39, 0.29) is 10.1 Å². The van der Waals surface area contributed by atoms with Crippen molar-refractivity contribution in [2.45, 2.75) is 22.3 Å². The van der Waals surface area contributed by atoms with Crippen LogP contribution in [0.3, 0.4) is 0 Å². The number of amidine groups is 1. The Balaban J connectivity index is 1.70. The van der Waals surface area contributed by atoms with Crippen LogP contribution in [-0.4, -0.2) is 30.2 Å². The molecule has 5 nitrogen and oxygen atoms in total. The molecule has 1 saturated heterocycles. The van der Waals surface area contributed by atoms with Crippen LogP contribution in [0.15, 0.2) is 88.8 Å². The van der Waals surface area contributed by atoms with Crippen molar-refractivity contribution >= 4 is 38.1 Å². The summed E-state index contributed by atoms with van der Waals surface area (Å²) in [5.74, 6) is 0. The van der Waals surface area contributed by atoms with Crippen molar-refractivity contribution < 1.29 is 13.5 Å². The van der Waals surface area contributed by atoms with Crippen molar-refractivity contribution in [2.75, 3.05) is 11.2 Å². The number of hydrogen-bond donors (Lipinski definition) is 1. The van der Waals surface area contributed by atoms with Crippen LogP contribution < -0.4 is 4.90 Å². The molecule has 3 aromatic carbocycles. The van der Waals surface area contributed by atoms with Gasteiger partial charge in [-0.2, -0.15) is 0 Å². The average Bonchev–Trinajstić information content (AvgIpc) is 3.16. The van der Waals surface area contributed by atoms with E-state index < -0.39 is 15.6 Å². The molecule has 1 N–H and O–H groups in total. The average molecular weight is 437 g/mol. The van der Waals surface area contributed by atoms with E-state index >= 15 is 0 Å². The number of nitrogens with zero attached hydrogens (tertiary/aromatic N) is 2. The van der Waals surface area contributed by atoms with Gasteiger partial charge in [0.2, 0.25) is 0 Å². The molecule has 30 heavy (non-hydrogen) atoms. The first kappa shape index (κ1) is 19.4. The van der Waals surface area contributed by atoms with Crippen LogP contribution in [0.1, 0.15) is 11.1 Å². The summed E-state index contributed by atoms with van der Waals surface area (Å²) in [6, 6.07) is 24.3. The van der Waals surface area contributed by atoms with Crippen molar-refractivity contribution in [3.05, 3.63) is 90.0 Å². The molecule has 0 bridgehead atoms. The maximum Gasteiger partial charge on any atom is 0.183 e. The summed E-state index contributed by atoms with van der Waals surface area (Å²) in [6.07, 6.45) is 1.82. The normalized spacial score (nSPS) is 24.1. The number of sulfone groups is 1. The Labute approximate surface area is 180 Å². The zero-order chi connectivity index (χ0) is 20.9. The lowest BCUT2D eigenvalue weighted by Gasteiger charge is -2.35. The summed E-state index contributed by atoms with van der Waals surface area (Å²) in [4.78, 5) is 6.87. The lowest BCUT2D eigenvalue weighted by molar-refractivity contribution is 0.0591. The van der Waals surface area contributed by atoms with Gasteiger partial charge in [0.05, 0.1) is 15.8 Å². The van der Waals surface area contributed by atoms with Crippen LogP contribution in [0.2, 0.25) is 0 Å².